The van der Waals surface area contributed by atoms with Crippen molar-refractivity contribution in [3.63, 3.8) is 0 Å². The quantitative estimate of drug-likeness (QED) is 0.206. The van der Waals surface area contributed by atoms with Crippen LogP contribution in [0.5, 0.6) is 5.75 Å². The molecule has 202 valence electrons. The van der Waals surface area contributed by atoms with Crippen LogP contribution < -0.4 is 15.5 Å². The van der Waals surface area contributed by atoms with E-state index in [-0.39, 0.29) is 5.91 Å². The molecule has 3 aromatic rings. The molecule has 38 heavy (non-hydrogen) atoms. The number of methoxy groups -OCH3 is 1. The monoisotopic (exact) mass is 538 g/mol. The van der Waals surface area contributed by atoms with Crippen LogP contribution in [0.1, 0.15) is 51.3 Å². The van der Waals surface area contributed by atoms with Crippen molar-refractivity contribution in [3.05, 3.63) is 81.7 Å². The zero-order chi connectivity index (χ0) is 27.7. The topological polar surface area (TPSA) is 123 Å². The summed E-state index contributed by atoms with van der Waals surface area (Å²) in [7, 11) is 1.59. The van der Waals surface area contributed by atoms with Crippen molar-refractivity contribution in [2.24, 2.45) is 5.10 Å². The number of aryl methyl sites for hydroxylation is 1. The fraction of sp³-hybridized carbons (Fsp3) is 0.321. The van der Waals surface area contributed by atoms with Crippen molar-refractivity contribution in [1.82, 2.24) is 10.3 Å². The van der Waals surface area contributed by atoms with Gasteiger partial charge in [-0.15, -0.1) is 11.3 Å². The maximum atomic E-state index is 13.1. The van der Waals surface area contributed by atoms with E-state index in [1.807, 2.05) is 23.1 Å². The molecule has 0 radical (unpaired) electrons. The molecule has 0 aliphatic rings. The number of nitrogens with one attached hydrogen (secondary N) is 2. The van der Waals surface area contributed by atoms with Crippen LogP contribution in [0.15, 0.2) is 59.0 Å². The highest BCUT2D eigenvalue weighted by molar-refractivity contribution is 7.15. The zero-order valence-corrected chi connectivity index (χ0v) is 22.8. The lowest BCUT2D eigenvalue weighted by Gasteiger charge is -2.25. The number of aliphatic hydroxyl groups excluding tert-OH is 2. The lowest BCUT2D eigenvalue weighted by atomic mass is 10.1. The number of hydrogen-bond donors (Lipinski definition) is 4. The molecule has 2 amide bonds. The third kappa shape index (κ3) is 8.49. The van der Waals surface area contributed by atoms with Crippen molar-refractivity contribution in [3.8, 4) is 5.75 Å². The molecule has 2 atom stereocenters. The number of hydrazone groups is 1. The van der Waals surface area contributed by atoms with Gasteiger partial charge in [0.05, 0.1) is 31.1 Å². The van der Waals surface area contributed by atoms with Crippen LogP contribution >= 0.6 is 11.3 Å². The highest BCUT2D eigenvalue weighted by atomic mass is 32.1. The smallest absolute Gasteiger partial charge is 0.274 e. The fourth-order valence-corrected chi connectivity index (χ4v) is 4.86. The first-order chi connectivity index (χ1) is 18.2. The number of rotatable bonds is 12. The molecule has 1 heterocycles. The van der Waals surface area contributed by atoms with E-state index < -0.39 is 18.1 Å². The highest BCUT2D eigenvalue weighted by Gasteiger charge is 2.19. The molecule has 0 spiro atoms. The molecule has 2 aromatic carbocycles. The molecule has 0 bridgehead atoms. The Morgan fingerprint density at radius 3 is 2.39 bits per heavy atom. The number of amides is 2. The zero-order valence-electron chi connectivity index (χ0n) is 22.0. The van der Waals surface area contributed by atoms with Gasteiger partial charge in [0.15, 0.2) is 0 Å². The summed E-state index contributed by atoms with van der Waals surface area (Å²) in [4.78, 5) is 27.9. The van der Waals surface area contributed by atoms with Crippen LogP contribution in [0.25, 0.3) is 0 Å². The first-order valence-corrected chi connectivity index (χ1v) is 13.1. The molecule has 0 aliphatic heterocycles. The third-order valence-electron chi connectivity index (χ3n) is 5.56. The Morgan fingerprint density at radius 2 is 1.76 bits per heavy atom. The molecule has 2 unspecified atom stereocenters. The van der Waals surface area contributed by atoms with Crippen molar-refractivity contribution in [1.29, 1.82) is 0 Å². The summed E-state index contributed by atoms with van der Waals surface area (Å²) in [6, 6.07) is 14.4. The first kappa shape index (κ1) is 29.0. The number of anilines is 1. The minimum atomic E-state index is -0.549. The summed E-state index contributed by atoms with van der Waals surface area (Å²) in [5.74, 6) is -0.0469. The summed E-state index contributed by atoms with van der Waals surface area (Å²) in [5.41, 5.74) is 5.70. The van der Waals surface area contributed by atoms with Crippen LogP contribution in [-0.2, 0) is 6.54 Å². The first-order valence-electron chi connectivity index (χ1n) is 12.2. The van der Waals surface area contributed by atoms with E-state index in [0.29, 0.717) is 35.8 Å². The van der Waals surface area contributed by atoms with Crippen LogP contribution in [0.3, 0.4) is 0 Å². The lowest BCUT2D eigenvalue weighted by molar-refractivity contribution is 0.0793. The van der Waals surface area contributed by atoms with Crippen molar-refractivity contribution < 1.29 is 24.5 Å². The number of carbonyl (C=O) groups excluding carboxylic acids is 2. The minimum absolute atomic E-state index is 0.345. The van der Waals surface area contributed by atoms with Gasteiger partial charge in [-0.05, 0) is 79.2 Å². The van der Waals surface area contributed by atoms with Gasteiger partial charge in [-0.1, -0.05) is 12.1 Å². The molecular formula is C28H34N4O5S. The third-order valence-corrected chi connectivity index (χ3v) is 6.58. The summed E-state index contributed by atoms with van der Waals surface area (Å²) in [6.07, 6.45) is 0.432. The van der Waals surface area contributed by atoms with Gasteiger partial charge in [0.25, 0.3) is 11.8 Å². The van der Waals surface area contributed by atoms with Gasteiger partial charge in [-0.3, -0.25) is 14.5 Å². The second-order valence-electron chi connectivity index (χ2n) is 9.14. The predicted molar refractivity (Wildman–Crippen MR) is 150 cm³/mol. The molecule has 0 fully saturated rings. The van der Waals surface area contributed by atoms with Crippen LogP contribution in [0.4, 0.5) is 5.00 Å². The van der Waals surface area contributed by atoms with E-state index in [4.69, 9.17) is 4.74 Å². The molecule has 0 saturated heterocycles. The number of carbonyl (C=O) groups is 2. The second-order valence-corrected chi connectivity index (χ2v) is 10.0. The number of benzene rings is 2. The van der Waals surface area contributed by atoms with E-state index in [1.54, 1.807) is 63.6 Å². The molecule has 0 saturated carbocycles. The lowest BCUT2D eigenvalue weighted by Crippen LogP contribution is -2.35. The molecule has 9 nitrogen and oxygen atoms in total. The maximum absolute atomic E-state index is 13.1. The van der Waals surface area contributed by atoms with Crippen LogP contribution in [0, 0.1) is 6.92 Å². The average Bonchev–Trinajstić information content (AvgIpc) is 3.23. The highest BCUT2D eigenvalue weighted by Crippen LogP contribution is 2.28. The van der Waals surface area contributed by atoms with Gasteiger partial charge in [-0.2, -0.15) is 5.10 Å². The average molecular weight is 539 g/mol. The number of thiophene rings is 1. The number of nitrogens with zero attached hydrogens (tertiary/aromatic N) is 2. The Morgan fingerprint density at radius 1 is 1.08 bits per heavy atom. The van der Waals surface area contributed by atoms with Crippen LogP contribution in [0.2, 0.25) is 0 Å². The molecule has 0 aliphatic carbocycles. The maximum Gasteiger partial charge on any atom is 0.274 e. The van der Waals surface area contributed by atoms with Gasteiger partial charge in [0.1, 0.15) is 10.8 Å². The Kier molecular flexibility index (Phi) is 10.5. The van der Waals surface area contributed by atoms with Crippen molar-refractivity contribution in [2.45, 2.75) is 39.5 Å². The molecule has 10 heteroatoms. The molecule has 4 N–H and O–H groups in total. The summed E-state index contributed by atoms with van der Waals surface area (Å²) < 4.78 is 5.13. The standard InChI is InChI=1S/C28H34N4O5S/c1-18-17-38-28(25(18)27(36)31-29-13-21-8-10-24(37-4)11-9-21)30-26(35)23-7-5-6-22(12-23)16-32(14-19(2)33)15-20(3)34/h5-13,17,19-20,33-34H,14-16H2,1-4H3,(H,30,35)(H,31,36)/b29-13+. The van der Waals surface area contributed by atoms with Gasteiger partial charge in [0, 0.05) is 25.2 Å². The van der Waals surface area contributed by atoms with E-state index in [0.717, 1.165) is 22.4 Å². The Balaban J connectivity index is 1.68. The second kappa shape index (κ2) is 13.8. The SMILES string of the molecule is COc1ccc(/C=N/NC(=O)c2c(C)csc2NC(=O)c2cccc(CN(CC(C)O)CC(C)O)c2)cc1. The van der Waals surface area contributed by atoms with E-state index in [9.17, 15) is 19.8 Å². The van der Waals surface area contributed by atoms with Crippen molar-refractivity contribution in [2.75, 3.05) is 25.5 Å². The van der Waals surface area contributed by atoms with Crippen LogP contribution in [-0.4, -0.2) is 65.5 Å². The van der Waals surface area contributed by atoms with E-state index in [1.165, 1.54) is 17.6 Å². The van der Waals surface area contributed by atoms with Crippen molar-refractivity contribution >= 4 is 34.4 Å². The van der Waals surface area contributed by atoms with Gasteiger partial charge in [0.2, 0.25) is 0 Å². The number of hydrogen-bond acceptors (Lipinski definition) is 8. The Bertz CT molecular complexity index is 1240. The Labute approximate surface area is 226 Å². The fourth-order valence-electron chi connectivity index (χ4n) is 3.93. The normalized spacial score (nSPS) is 12.9. The van der Waals surface area contributed by atoms with E-state index >= 15 is 0 Å². The molecule has 3 rings (SSSR count). The summed E-state index contributed by atoms with van der Waals surface area (Å²) >= 11 is 1.27. The van der Waals surface area contributed by atoms with Gasteiger partial charge in [-0.25, -0.2) is 5.43 Å². The Hall–Kier alpha value is -3.57. The largest absolute Gasteiger partial charge is 0.497 e. The molecular weight excluding hydrogens is 504 g/mol. The number of aliphatic hydroxyl groups is 2. The minimum Gasteiger partial charge on any atom is -0.497 e. The number of ether oxygens (including phenoxy) is 1. The molecule has 1 aromatic heterocycles. The summed E-state index contributed by atoms with van der Waals surface area (Å²) in [5, 5.41) is 28.7. The van der Waals surface area contributed by atoms with Gasteiger partial charge >= 0.3 is 0 Å². The van der Waals surface area contributed by atoms with Gasteiger partial charge < -0.3 is 20.3 Å². The van der Waals surface area contributed by atoms with E-state index in [2.05, 4.69) is 15.8 Å². The predicted octanol–water partition coefficient (Wildman–Crippen LogP) is 3.64. The summed E-state index contributed by atoms with van der Waals surface area (Å²) in [6.45, 7) is 6.45.